The monoisotopic (exact) mass is 528 g/mol. The molecule has 0 heterocycles. The molecule has 0 aromatic carbocycles. The topological polar surface area (TPSA) is 284 Å². The highest BCUT2D eigenvalue weighted by atomic mass is 16.6. The molecule has 0 fully saturated rings. The number of ether oxygens (including phenoxy) is 4. The fourth-order valence-electron chi connectivity index (χ4n) is 0.569. The molecule has 0 aromatic rings. The second kappa shape index (κ2) is 35.1. The lowest BCUT2D eigenvalue weighted by molar-refractivity contribution is -0.133. The summed E-state index contributed by atoms with van der Waals surface area (Å²) in [5.74, 6) is -1.87. The first-order chi connectivity index (χ1) is 16.4. The Balaban J connectivity index is -0.0000000750. The van der Waals surface area contributed by atoms with Crippen LogP contribution in [-0.4, -0.2) is 73.0 Å². The van der Waals surface area contributed by atoms with Crippen molar-refractivity contribution in [1.29, 1.82) is 0 Å². The Bertz CT molecular complexity index is 555. The van der Waals surface area contributed by atoms with E-state index in [2.05, 4.69) is 55.0 Å². The Morgan fingerprint density at radius 3 is 0.639 bits per heavy atom. The number of rotatable bonds is 6. The van der Waals surface area contributed by atoms with Crippen molar-refractivity contribution in [2.75, 3.05) is 26.4 Å². The molecule has 36 heavy (non-hydrogen) atoms. The van der Waals surface area contributed by atoms with Gasteiger partial charge in [-0.25, -0.2) is 28.8 Å². The predicted molar refractivity (Wildman–Crippen MR) is 130 cm³/mol. The molecule has 0 atom stereocenters. The zero-order valence-electron chi connectivity index (χ0n) is 21.5. The van der Waals surface area contributed by atoms with Crippen molar-refractivity contribution in [3.05, 3.63) is 24.3 Å². The van der Waals surface area contributed by atoms with Crippen molar-refractivity contribution in [2.45, 2.75) is 41.5 Å². The Morgan fingerprint density at radius 2 is 0.639 bits per heavy atom. The maximum atomic E-state index is 9.60. The second-order valence-electron chi connectivity index (χ2n) is 5.18. The first kappa shape index (κ1) is 45.1. The standard InChI is InChI=1S/2C4H6O2.4C3H7NO2/c2*1-3(2)4(5)6;4*1-2-6-3(4)5/h2*1H2,2H3,(H,5,6);4*2H2,1H3,(H2,4,5). The van der Waals surface area contributed by atoms with Crippen LogP contribution in [0.25, 0.3) is 0 Å². The molecule has 0 radical (unpaired) electrons. The van der Waals surface area contributed by atoms with E-state index in [-0.39, 0.29) is 11.1 Å². The van der Waals surface area contributed by atoms with Crippen LogP contribution in [0.4, 0.5) is 19.2 Å². The SMILES string of the molecule is C=C(C)C(=O)O.C=C(C)C(=O)O.CCOC(N)=O.CCOC(N)=O.CCOC(N)=O.CCOC(N)=O. The summed E-state index contributed by atoms with van der Waals surface area (Å²) < 4.78 is 16.7. The van der Waals surface area contributed by atoms with Gasteiger partial charge in [-0.15, -0.1) is 0 Å². The predicted octanol–water partition coefficient (Wildman–Crippen LogP) is 1.70. The van der Waals surface area contributed by atoms with Gasteiger partial charge in [-0.05, 0) is 41.5 Å². The molecule has 0 bridgehead atoms. The Kier molecular flexibility index (Phi) is 43.9. The quantitative estimate of drug-likeness (QED) is 0.212. The number of carbonyl (C=O) groups is 6. The van der Waals surface area contributed by atoms with Gasteiger partial charge in [-0.1, -0.05) is 13.2 Å². The van der Waals surface area contributed by atoms with Gasteiger partial charge < -0.3 is 52.1 Å². The maximum absolute atomic E-state index is 9.60. The Labute approximate surface area is 210 Å². The van der Waals surface area contributed by atoms with Crippen molar-refractivity contribution >= 4 is 36.3 Å². The highest BCUT2D eigenvalue weighted by Gasteiger charge is 1.91. The summed E-state index contributed by atoms with van der Waals surface area (Å²) in [7, 11) is 0. The fourth-order valence-corrected chi connectivity index (χ4v) is 0.569. The van der Waals surface area contributed by atoms with E-state index < -0.39 is 36.3 Å². The maximum Gasteiger partial charge on any atom is 0.404 e. The van der Waals surface area contributed by atoms with E-state index in [0.717, 1.165) is 0 Å². The first-order valence-electron chi connectivity index (χ1n) is 9.83. The average molecular weight is 529 g/mol. The van der Waals surface area contributed by atoms with Crippen LogP contribution in [0.1, 0.15) is 41.5 Å². The second-order valence-corrected chi connectivity index (χ2v) is 5.18. The molecule has 0 unspecified atom stereocenters. The van der Waals surface area contributed by atoms with Crippen LogP contribution in [-0.2, 0) is 28.5 Å². The molecule has 0 saturated carbocycles. The largest absolute Gasteiger partial charge is 0.478 e. The van der Waals surface area contributed by atoms with Crippen molar-refractivity contribution in [3.63, 3.8) is 0 Å². The summed E-state index contributed by atoms with van der Waals surface area (Å²) >= 11 is 0. The number of amides is 4. The highest BCUT2D eigenvalue weighted by molar-refractivity contribution is 5.85. The summed E-state index contributed by atoms with van der Waals surface area (Å²) in [4.78, 5) is 57.6. The molecule has 4 amide bonds. The van der Waals surface area contributed by atoms with Gasteiger partial charge in [0.05, 0.1) is 26.4 Å². The molecular formula is C20H40N4O12. The molecular weight excluding hydrogens is 488 g/mol. The van der Waals surface area contributed by atoms with Crippen LogP contribution < -0.4 is 22.9 Å². The minimum atomic E-state index is -0.935. The first-order valence-corrected chi connectivity index (χ1v) is 9.83. The fraction of sp³-hybridized carbons (Fsp3) is 0.500. The number of primary amides is 4. The van der Waals surface area contributed by atoms with E-state index in [0.29, 0.717) is 26.4 Å². The number of aliphatic carboxylic acids is 2. The molecule has 10 N–H and O–H groups in total. The highest BCUT2D eigenvalue weighted by Crippen LogP contribution is 1.81. The molecule has 0 rings (SSSR count). The van der Waals surface area contributed by atoms with Crippen molar-refractivity contribution in [2.24, 2.45) is 22.9 Å². The number of carboxylic acids is 2. The third-order valence-electron chi connectivity index (χ3n) is 1.88. The van der Waals surface area contributed by atoms with Gasteiger partial charge in [-0.3, -0.25) is 0 Å². The average Bonchev–Trinajstić information content (AvgIpc) is 2.69. The molecule has 0 saturated heterocycles. The van der Waals surface area contributed by atoms with E-state index in [1.54, 1.807) is 27.7 Å². The van der Waals surface area contributed by atoms with Crippen LogP contribution in [0.3, 0.4) is 0 Å². The lowest BCUT2D eigenvalue weighted by Gasteiger charge is -1.89. The molecule has 16 heteroatoms. The number of hydrogen-bond acceptors (Lipinski definition) is 10. The van der Waals surface area contributed by atoms with E-state index in [4.69, 9.17) is 10.2 Å². The van der Waals surface area contributed by atoms with Crippen molar-refractivity contribution in [1.82, 2.24) is 0 Å². The van der Waals surface area contributed by atoms with E-state index in [9.17, 15) is 28.8 Å². The lowest BCUT2D eigenvalue weighted by Crippen LogP contribution is -2.11. The van der Waals surface area contributed by atoms with Crippen LogP contribution in [0.5, 0.6) is 0 Å². The van der Waals surface area contributed by atoms with Gasteiger partial charge in [0.15, 0.2) is 0 Å². The lowest BCUT2D eigenvalue weighted by atomic mass is 10.4. The zero-order valence-corrected chi connectivity index (χ0v) is 21.5. The van der Waals surface area contributed by atoms with E-state index >= 15 is 0 Å². The Hall–Kier alpha value is -4.50. The number of carboxylic acid groups (broad SMARTS) is 2. The smallest absolute Gasteiger partial charge is 0.404 e. The van der Waals surface area contributed by atoms with Gasteiger partial charge in [0.1, 0.15) is 0 Å². The van der Waals surface area contributed by atoms with Crippen LogP contribution in [0.2, 0.25) is 0 Å². The summed E-state index contributed by atoms with van der Waals surface area (Å²) in [6.45, 7) is 17.4. The number of carbonyl (C=O) groups excluding carboxylic acids is 4. The van der Waals surface area contributed by atoms with Gasteiger partial charge in [0, 0.05) is 11.1 Å². The minimum absolute atomic E-state index is 0.176. The molecule has 0 aliphatic rings. The molecule has 0 aromatic heterocycles. The van der Waals surface area contributed by atoms with Crippen LogP contribution >= 0.6 is 0 Å². The summed E-state index contributed by atoms with van der Waals surface area (Å²) in [6, 6.07) is 0. The van der Waals surface area contributed by atoms with Gasteiger partial charge in [-0.2, -0.15) is 0 Å². The summed E-state index contributed by atoms with van der Waals surface area (Å²) in [6.07, 6.45) is -2.84. The number of nitrogens with two attached hydrogens (primary N) is 4. The third kappa shape index (κ3) is 99.7. The van der Waals surface area contributed by atoms with Crippen LogP contribution in [0.15, 0.2) is 24.3 Å². The minimum Gasteiger partial charge on any atom is -0.478 e. The van der Waals surface area contributed by atoms with Gasteiger partial charge in [0.25, 0.3) is 0 Å². The third-order valence-corrected chi connectivity index (χ3v) is 1.88. The summed E-state index contributed by atoms with van der Waals surface area (Å²) in [5, 5.41) is 15.8. The summed E-state index contributed by atoms with van der Waals surface area (Å²) in [5.41, 5.74) is 18.5. The van der Waals surface area contributed by atoms with Crippen LogP contribution in [0, 0.1) is 0 Å². The number of hydrogen-bond donors (Lipinski definition) is 6. The molecule has 16 nitrogen and oxygen atoms in total. The van der Waals surface area contributed by atoms with Gasteiger partial charge in [0.2, 0.25) is 0 Å². The van der Waals surface area contributed by atoms with Crippen molar-refractivity contribution in [3.8, 4) is 0 Å². The normalized spacial score (nSPS) is 7.50. The van der Waals surface area contributed by atoms with E-state index in [1.807, 2.05) is 0 Å². The molecule has 0 aliphatic carbocycles. The molecule has 0 spiro atoms. The molecule has 0 aliphatic heterocycles. The molecule has 212 valence electrons. The van der Waals surface area contributed by atoms with Crippen molar-refractivity contribution < 1.29 is 57.9 Å². The zero-order chi connectivity index (χ0) is 30.3. The Morgan fingerprint density at radius 1 is 0.528 bits per heavy atom. The van der Waals surface area contributed by atoms with E-state index in [1.165, 1.54) is 13.8 Å². The van der Waals surface area contributed by atoms with Gasteiger partial charge >= 0.3 is 36.3 Å².